The van der Waals surface area contributed by atoms with Crippen molar-refractivity contribution < 1.29 is 14.6 Å². The molecule has 1 amide bonds. The Bertz CT molecular complexity index is 182. The standard InChI is InChI=1S/C11H24N2O3/c1-4-9(2)13-11(15)7-12-10(5-6-14)8-16-3/h9-10,12,14H,4-8H2,1-3H3,(H,13,15). The molecule has 0 spiro atoms. The van der Waals surface area contributed by atoms with Crippen molar-refractivity contribution in [2.24, 2.45) is 0 Å². The maximum Gasteiger partial charge on any atom is 0.234 e. The van der Waals surface area contributed by atoms with Gasteiger partial charge in [0, 0.05) is 25.8 Å². The predicted octanol–water partition coefficient (Wildman–Crippen LogP) is -0.112. The van der Waals surface area contributed by atoms with Crippen LogP contribution in [0.4, 0.5) is 0 Å². The molecule has 0 saturated carbocycles. The highest BCUT2D eigenvalue weighted by Crippen LogP contribution is 1.92. The molecule has 0 saturated heterocycles. The Morgan fingerprint density at radius 2 is 2.19 bits per heavy atom. The zero-order valence-corrected chi connectivity index (χ0v) is 10.5. The molecule has 3 N–H and O–H groups in total. The largest absolute Gasteiger partial charge is 0.396 e. The first-order chi connectivity index (χ1) is 7.63. The van der Waals surface area contributed by atoms with Gasteiger partial charge < -0.3 is 20.5 Å². The number of methoxy groups -OCH3 is 1. The van der Waals surface area contributed by atoms with Crippen molar-refractivity contribution in [1.29, 1.82) is 0 Å². The number of nitrogens with one attached hydrogen (secondary N) is 2. The Morgan fingerprint density at radius 3 is 2.69 bits per heavy atom. The third kappa shape index (κ3) is 7.62. The number of hydrogen-bond donors (Lipinski definition) is 3. The zero-order chi connectivity index (χ0) is 12.4. The maximum atomic E-state index is 11.4. The summed E-state index contributed by atoms with van der Waals surface area (Å²) in [6, 6.07) is 0.227. The predicted molar refractivity (Wildman–Crippen MR) is 63.3 cm³/mol. The molecule has 0 aliphatic rings. The molecule has 96 valence electrons. The highest BCUT2D eigenvalue weighted by Gasteiger charge is 2.10. The molecule has 5 nitrogen and oxygen atoms in total. The van der Waals surface area contributed by atoms with Crippen molar-refractivity contribution in [3.05, 3.63) is 0 Å². The van der Waals surface area contributed by atoms with Crippen LogP contribution in [-0.2, 0) is 9.53 Å². The number of hydrogen-bond acceptors (Lipinski definition) is 4. The first-order valence-electron chi connectivity index (χ1n) is 5.76. The SMILES string of the molecule is CCC(C)NC(=O)CNC(CCO)COC. The Hall–Kier alpha value is -0.650. The highest BCUT2D eigenvalue weighted by atomic mass is 16.5. The molecule has 0 radical (unpaired) electrons. The van der Waals surface area contributed by atoms with E-state index in [4.69, 9.17) is 9.84 Å². The minimum absolute atomic E-state index is 0.0200. The van der Waals surface area contributed by atoms with E-state index in [0.717, 1.165) is 6.42 Å². The molecule has 2 atom stereocenters. The van der Waals surface area contributed by atoms with Gasteiger partial charge in [-0.3, -0.25) is 4.79 Å². The van der Waals surface area contributed by atoms with Gasteiger partial charge in [0.25, 0.3) is 0 Å². The van der Waals surface area contributed by atoms with Crippen LogP contribution in [0.1, 0.15) is 26.7 Å². The monoisotopic (exact) mass is 232 g/mol. The summed E-state index contributed by atoms with van der Waals surface area (Å²) >= 11 is 0. The second kappa shape index (κ2) is 9.57. The zero-order valence-electron chi connectivity index (χ0n) is 10.5. The van der Waals surface area contributed by atoms with Crippen LogP contribution in [0.5, 0.6) is 0 Å². The third-order valence-corrected chi connectivity index (χ3v) is 2.42. The Morgan fingerprint density at radius 1 is 1.50 bits per heavy atom. The van der Waals surface area contributed by atoms with E-state index in [1.807, 2.05) is 13.8 Å². The number of carbonyl (C=O) groups excluding carboxylic acids is 1. The van der Waals surface area contributed by atoms with Gasteiger partial charge in [0.2, 0.25) is 5.91 Å². The maximum absolute atomic E-state index is 11.4. The molecule has 0 rings (SSSR count). The lowest BCUT2D eigenvalue weighted by Gasteiger charge is -2.17. The number of amides is 1. The molecular weight excluding hydrogens is 208 g/mol. The molecule has 5 heteroatoms. The Kier molecular flexibility index (Phi) is 9.18. The minimum atomic E-state index is -0.0200. The lowest BCUT2D eigenvalue weighted by molar-refractivity contribution is -0.121. The van der Waals surface area contributed by atoms with Crippen LogP contribution in [0.15, 0.2) is 0 Å². The molecule has 2 unspecified atom stereocenters. The van der Waals surface area contributed by atoms with Crippen molar-refractivity contribution in [2.45, 2.75) is 38.8 Å². The summed E-state index contributed by atoms with van der Waals surface area (Å²) in [6.45, 7) is 4.85. The van der Waals surface area contributed by atoms with Gasteiger partial charge in [-0.2, -0.15) is 0 Å². The van der Waals surface area contributed by atoms with Crippen molar-refractivity contribution in [2.75, 3.05) is 26.9 Å². The number of rotatable bonds is 9. The van der Waals surface area contributed by atoms with Gasteiger partial charge >= 0.3 is 0 Å². The van der Waals surface area contributed by atoms with Gasteiger partial charge in [-0.15, -0.1) is 0 Å². The van der Waals surface area contributed by atoms with E-state index in [9.17, 15) is 4.79 Å². The first kappa shape index (κ1) is 15.3. The summed E-state index contributed by atoms with van der Waals surface area (Å²) in [5, 5.41) is 14.7. The number of carbonyl (C=O) groups is 1. The molecule has 0 aliphatic heterocycles. The van der Waals surface area contributed by atoms with Crippen LogP contribution in [0.25, 0.3) is 0 Å². The van der Waals surface area contributed by atoms with Crippen LogP contribution in [0, 0.1) is 0 Å². The molecule has 0 heterocycles. The third-order valence-electron chi connectivity index (χ3n) is 2.42. The van der Waals surface area contributed by atoms with Gasteiger partial charge in [-0.05, 0) is 19.8 Å². The Balaban J connectivity index is 3.77. The van der Waals surface area contributed by atoms with Crippen LogP contribution >= 0.6 is 0 Å². The summed E-state index contributed by atoms with van der Waals surface area (Å²) in [6.07, 6.45) is 1.51. The smallest absolute Gasteiger partial charge is 0.234 e. The minimum Gasteiger partial charge on any atom is -0.396 e. The van der Waals surface area contributed by atoms with E-state index < -0.39 is 0 Å². The number of aliphatic hydroxyl groups is 1. The fraction of sp³-hybridized carbons (Fsp3) is 0.909. The lowest BCUT2D eigenvalue weighted by Crippen LogP contribution is -2.43. The molecule has 16 heavy (non-hydrogen) atoms. The van der Waals surface area contributed by atoms with Gasteiger partial charge in [-0.1, -0.05) is 6.92 Å². The van der Waals surface area contributed by atoms with Gasteiger partial charge in [0.15, 0.2) is 0 Å². The van der Waals surface area contributed by atoms with Gasteiger partial charge in [0.05, 0.1) is 13.2 Å². The molecule has 0 aromatic rings. The second-order valence-corrected chi connectivity index (χ2v) is 3.92. The molecule has 0 fully saturated rings. The van der Waals surface area contributed by atoms with E-state index in [2.05, 4.69) is 10.6 Å². The normalized spacial score (nSPS) is 14.5. The summed E-state index contributed by atoms with van der Waals surface area (Å²) in [5.74, 6) is -0.0200. The lowest BCUT2D eigenvalue weighted by atomic mass is 10.2. The van der Waals surface area contributed by atoms with E-state index in [0.29, 0.717) is 13.0 Å². The van der Waals surface area contributed by atoms with Gasteiger partial charge in [0.1, 0.15) is 0 Å². The summed E-state index contributed by atoms with van der Waals surface area (Å²) in [7, 11) is 1.60. The molecule has 0 aliphatic carbocycles. The molecule has 0 aromatic carbocycles. The first-order valence-corrected chi connectivity index (χ1v) is 5.76. The van der Waals surface area contributed by atoms with Crippen molar-refractivity contribution in [3.63, 3.8) is 0 Å². The quantitative estimate of drug-likeness (QED) is 0.519. The fourth-order valence-electron chi connectivity index (χ4n) is 1.27. The number of aliphatic hydroxyl groups excluding tert-OH is 1. The second-order valence-electron chi connectivity index (χ2n) is 3.92. The van der Waals surface area contributed by atoms with E-state index >= 15 is 0 Å². The summed E-state index contributed by atoms with van der Waals surface area (Å²) in [5.41, 5.74) is 0. The van der Waals surface area contributed by atoms with E-state index in [1.54, 1.807) is 7.11 Å². The number of ether oxygens (including phenoxy) is 1. The van der Waals surface area contributed by atoms with E-state index in [-0.39, 0.29) is 31.1 Å². The van der Waals surface area contributed by atoms with Gasteiger partial charge in [-0.25, -0.2) is 0 Å². The van der Waals surface area contributed by atoms with Crippen LogP contribution in [-0.4, -0.2) is 50.0 Å². The average Bonchev–Trinajstić information content (AvgIpc) is 2.26. The molecular formula is C11H24N2O3. The summed E-state index contributed by atoms with van der Waals surface area (Å²) in [4.78, 5) is 11.4. The van der Waals surface area contributed by atoms with Crippen LogP contribution in [0.2, 0.25) is 0 Å². The fourth-order valence-corrected chi connectivity index (χ4v) is 1.27. The van der Waals surface area contributed by atoms with Crippen molar-refractivity contribution in [3.8, 4) is 0 Å². The highest BCUT2D eigenvalue weighted by molar-refractivity contribution is 5.78. The van der Waals surface area contributed by atoms with Crippen molar-refractivity contribution in [1.82, 2.24) is 10.6 Å². The van der Waals surface area contributed by atoms with Crippen molar-refractivity contribution >= 4 is 5.91 Å². The van der Waals surface area contributed by atoms with Crippen LogP contribution < -0.4 is 10.6 Å². The average molecular weight is 232 g/mol. The molecule has 0 aromatic heterocycles. The molecule has 0 bridgehead atoms. The van der Waals surface area contributed by atoms with Crippen LogP contribution in [0.3, 0.4) is 0 Å². The van der Waals surface area contributed by atoms with E-state index in [1.165, 1.54) is 0 Å². The summed E-state index contributed by atoms with van der Waals surface area (Å²) < 4.78 is 4.99. The Labute approximate surface area is 97.6 Å². The topological polar surface area (TPSA) is 70.6 Å².